The molecule has 1 atom stereocenters. The number of anilines is 1. The van der Waals surface area contributed by atoms with Gasteiger partial charge in [0.05, 0.1) is 11.1 Å². The summed E-state index contributed by atoms with van der Waals surface area (Å²) in [5.74, 6) is 1.62. The second-order valence-corrected chi connectivity index (χ2v) is 9.83. The van der Waals surface area contributed by atoms with Gasteiger partial charge in [0.25, 0.3) is 0 Å². The van der Waals surface area contributed by atoms with Crippen LogP contribution in [0.25, 0.3) is 0 Å². The monoisotopic (exact) mass is 384 g/mol. The zero-order chi connectivity index (χ0) is 19.5. The smallest absolute Gasteiger partial charge is 0.247 e. The second-order valence-electron chi connectivity index (χ2n) is 9.83. The lowest BCUT2D eigenvalue weighted by molar-refractivity contribution is -0.160. The number of hydrogen-bond acceptors (Lipinski definition) is 2. The van der Waals surface area contributed by atoms with Gasteiger partial charge in [-0.15, -0.1) is 0 Å². The molecule has 4 aliphatic carbocycles. The molecule has 1 saturated heterocycles. The summed E-state index contributed by atoms with van der Waals surface area (Å²) >= 11 is 0. The van der Waals surface area contributed by atoms with E-state index in [2.05, 4.69) is 5.32 Å². The first-order chi connectivity index (χ1) is 13.4. The summed E-state index contributed by atoms with van der Waals surface area (Å²) in [5.41, 5.74) is 0.871. The molecule has 1 unspecified atom stereocenters. The van der Waals surface area contributed by atoms with Crippen molar-refractivity contribution in [3.63, 3.8) is 0 Å². The molecule has 4 nitrogen and oxygen atoms in total. The van der Waals surface area contributed by atoms with Crippen LogP contribution >= 0.6 is 0 Å². The minimum Gasteiger partial charge on any atom is -0.330 e. The number of halogens is 1. The van der Waals surface area contributed by atoms with E-state index in [4.69, 9.17) is 0 Å². The van der Waals surface area contributed by atoms with E-state index in [1.54, 1.807) is 12.1 Å². The Morgan fingerprint density at radius 2 is 1.75 bits per heavy atom. The summed E-state index contributed by atoms with van der Waals surface area (Å²) in [6.45, 7) is 2.52. The van der Waals surface area contributed by atoms with Crippen LogP contribution < -0.4 is 5.32 Å². The summed E-state index contributed by atoms with van der Waals surface area (Å²) in [5, 5.41) is 2.74. The van der Waals surface area contributed by atoms with Crippen molar-refractivity contribution in [2.45, 2.75) is 64.3 Å². The molecule has 4 saturated carbocycles. The Hall–Kier alpha value is -1.91. The SMILES string of the molecule is Cc1ccc(F)c(NC(=O)C2CCCN2C(=O)C23CC4CC(CC(C4)C2)C3)c1. The van der Waals surface area contributed by atoms with Crippen LogP contribution in [0.3, 0.4) is 0 Å². The molecule has 2 amide bonds. The average molecular weight is 384 g/mol. The molecule has 6 rings (SSSR count). The molecule has 0 radical (unpaired) electrons. The second kappa shape index (κ2) is 6.57. The topological polar surface area (TPSA) is 49.4 Å². The number of carbonyl (C=O) groups is 2. The highest BCUT2D eigenvalue weighted by molar-refractivity contribution is 5.98. The van der Waals surface area contributed by atoms with Crippen LogP contribution in [0.4, 0.5) is 10.1 Å². The van der Waals surface area contributed by atoms with Crippen molar-refractivity contribution < 1.29 is 14.0 Å². The molecular weight excluding hydrogens is 355 g/mol. The predicted octanol–water partition coefficient (Wildman–Crippen LogP) is 4.28. The average Bonchev–Trinajstić information content (AvgIpc) is 3.12. The first-order valence-electron chi connectivity index (χ1n) is 10.8. The number of rotatable bonds is 3. The molecule has 1 aromatic rings. The quantitative estimate of drug-likeness (QED) is 0.846. The fourth-order valence-electron chi connectivity index (χ4n) is 6.91. The normalized spacial score (nSPS) is 36.0. The lowest BCUT2D eigenvalue weighted by Gasteiger charge is -2.56. The van der Waals surface area contributed by atoms with E-state index >= 15 is 0 Å². The van der Waals surface area contributed by atoms with Crippen molar-refractivity contribution in [3.8, 4) is 0 Å². The third kappa shape index (κ3) is 2.94. The Morgan fingerprint density at radius 1 is 1.11 bits per heavy atom. The van der Waals surface area contributed by atoms with Gasteiger partial charge >= 0.3 is 0 Å². The van der Waals surface area contributed by atoms with Crippen LogP contribution in [0.5, 0.6) is 0 Å². The number of nitrogens with zero attached hydrogens (tertiary/aromatic N) is 1. The predicted molar refractivity (Wildman–Crippen MR) is 105 cm³/mol. The summed E-state index contributed by atoms with van der Waals surface area (Å²) in [6, 6.07) is 4.23. The van der Waals surface area contributed by atoms with E-state index in [0.29, 0.717) is 30.7 Å². The molecule has 5 aliphatic rings. The fourth-order valence-corrected chi connectivity index (χ4v) is 6.91. The zero-order valence-corrected chi connectivity index (χ0v) is 16.5. The molecule has 5 fully saturated rings. The molecule has 28 heavy (non-hydrogen) atoms. The summed E-state index contributed by atoms with van der Waals surface area (Å²) in [6.07, 6.45) is 8.42. The van der Waals surface area contributed by atoms with E-state index < -0.39 is 11.9 Å². The molecule has 1 aliphatic heterocycles. The summed E-state index contributed by atoms with van der Waals surface area (Å²) in [7, 11) is 0. The van der Waals surface area contributed by atoms with Gasteiger partial charge in [-0.1, -0.05) is 6.07 Å². The van der Waals surface area contributed by atoms with Crippen molar-refractivity contribution in [3.05, 3.63) is 29.6 Å². The fraction of sp³-hybridized carbons (Fsp3) is 0.652. The third-order valence-electron chi connectivity index (χ3n) is 7.69. The van der Waals surface area contributed by atoms with Crippen molar-refractivity contribution >= 4 is 17.5 Å². The van der Waals surface area contributed by atoms with Gasteiger partial charge in [-0.05, 0) is 93.7 Å². The number of carbonyl (C=O) groups excluding carboxylic acids is 2. The number of aryl methyl sites for hydroxylation is 1. The van der Waals surface area contributed by atoms with E-state index in [1.165, 1.54) is 25.3 Å². The molecule has 0 spiro atoms. The Kier molecular flexibility index (Phi) is 4.25. The number of hydrogen-bond donors (Lipinski definition) is 1. The lowest BCUT2D eigenvalue weighted by Crippen LogP contribution is -2.56. The maximum Gasteiger partial charge on any atom is 0.247 e. The Morgan fingerprint density at radius 3 is 2.39 bits per heavy atom. The van der Waals surface area contributed by atoms with E-state index in [0.717, 1.165) is 31.2 Å². The number of amides is 2. The van der Waals surface area contributed by atoms with Gasteiger partial charge in [0, 0.05) is 6.54 Å². The zero-order valence-electron chi connectivity index (χ0n) is 16.5. The molecule has 0 aromatic heterocycles. The van der Waals surface area contributed by atoms with E-state index in [-0.39, 0.29) is 22.9 Å². The molecule has 150 valence electrons. The Bertz CT molecular complexity index is 786. The van der Waals surface area contributed by atoms with Crippen molar-refractivity contribution in [1.82, 2.24) is 4.90 Å². The Labute approximate surface area is 165 Å². The van der Waals surface area contributed by atoms with Gasteiger partial charge < -0.3 is 10.2 Å². The highest BCUT2D eigenvalue weighted by Gasteiger charge is 2.56. The lowest BCUT2D eigenvalue weighted by atomic mass is 9.49. The van der Waals surface area contributed by atoms with Crippen LogP contribution in [0.2, 0.25) is 0 Å². The maximum absolute atomic E-state index is 14.1. The largest absolute Gasteiger partial charge is 0.330 e. The molecule has 4 bridgehead atoms. The van der Waals surface area contributed by atoms with Gasteiger partial charge in [-0.2, -0.15) is 0 Å². The highest BCUT2D eigenvalue weighted by Crippen LogP contribution is 2.60. The Balaban J connectivity index is 1.34. The van der Waals surface area contributed by atoms with Gasteiger partial charge in [0.15, 0.2) is 0 Å². The molecular formula is C23H29FN2O2. The maximum atomic E-state index is 14.1. The third-order valence-corrected chi connectivity index (χ3v) is 7.69. The standard InChI is InChI=1S/C23H29FN2O2/c1-14-4-5-18(24)19(7-14)25-21(27)20-3-2-6-26(20)22(28)23-11-15-8-16(12-23)10-17(9-15)13-23/h4-5,7,15-17,20H,2-3,6,8-13H2,1H3,(H,25,27). The minimum absolute atomic E-state index is 0.203. The van der Waals surface area contributed by atoms with Crippen LogP contribution in [0.15, 0.2) is 18.2 Å². The minimum atomic E-state index is -0.472. The highest BCUT2D eigenvalue weighted by atomic mass is 19.1. The van der Waals surface area contributed by atoms with Gasteiger partial charge in [-0.3, -0.25) is 9.59 Å². The first kappa shape index (κ1) is 18.1. The number of likely N-dealkylation sites (tertiary alicyclic amines) is 1. The van der Waals surface area contributed by atoms with E-state index in [1.807, 2.05) is 11.8 Å². The molecule has 1 heterocycles. The molecule has 5 heteroatoms. The van der Waals surface area contributed by atoms with Crippen LogP contribution in [0, 0.1) is 35.9 Å². The summed E-state index contributed by atoms with van der Waals surface area (Å²) in [4.78, 5) is 28.4. The molecule has 1 aromatic carbocycles. The van der Waals surface area contributed by atoms with Gasteiger partial charge in [0.1, 0.15) is 11.9 Å². The van der Waals surface area contributed by atoms with Crippen molar-refractivity contribution in [2.24, 2.45) is 23.2 Å². The van der Waals surface area contributed by atoms with E-state index in [9.17, 15) is 14.0 Å². The van der Waals surface area contributed by atoms with Crippen molar-refractivity contribution in [2.75, 3.05) is 11.9 Å². The summed E-state index contributed by atoms with van der Waals surface area (Å²) < 4.78 is 14.1. The molecule has 1 N–H and O–H groups in total. The van der Waals surface area contributed by atoms with Crippen LogP contribution in [-0.4, -0.2) is 29.3 Å². The first-order valence-corrected chi connectivity index (χ1v) is 10.8. The van der Waals surface area contributed by atoms with Gasteiger partial charge in [0.2, 0.25) is 11.8 Å². The number of benzene rings is 1. The number of nitrogens with one attached hydrogen (secondary N) is 1. The van der Waals surface area contributed by atoms with Crippen LogP contribution in [-0.2, 0) is 9.59 Å². The van der Waals surface area contributed by atoms with Crippen LogP contribution in [0.1, 0.15) is 56.9 Å². The van der Waals surface area contributed by atoms with Crippen molar-refractivity contribution in [1.29, 1.82) is 0 Å². The van der Waals surface area contributed by atoms with Gasteiger partial charge in [-0.25, -0.2) is 4.39 Å².